The fraction of sp³-hybridized carbons (Fsp3) is 0.467. The minimum atomic E-state index is -0.480. The number of ketones is 1. The van der Waals surface area contributed by atoms with E-state index in [2.05, 4.69) is 6.92 Å². The molecule has 4 nitrogen and oxygen atoms in total. The lowest BCUT2D eigenvalue weighted by atomic mass is 9.98. The molecule has 1 aliphatic rings. The Bertz CT molecular complexity index is 476. The van der Waals surface area contributed by atoms with Crippen molar-refractivity contribution in [1.29, 1.82) is 0 Å². The van der Waals surface area contributed by atoms with E-state index in [9.17, 15) is 9.59 Å². The molecular formula is C15H19NO3. The third-order valence-corrected chi connectivity index (χ3v) is 3.62. The molecule has 0 bridgehead atoms. The van der Waals surface area contributed by atoms with Crippen molar-refractivity contribution in [2.45, 2.75) is 19.8 Å². The molecule has 1 heterocycles. The molecule has 1 aromatic rings. The van der Waals surface area contributed by atoms with Gasteiger partial charge >= 0.3 is 0 Å². The van der Waals surface area contributed by atoms with Gasteiger partial charge < -0.3 is 9.64 Å². The molecule has 0 radical (unpaired) electrons. The number of carbonyl (C=O) groups excluding carboxylic acids is 2. The molecule has 0 N–H and O–H groups in total. The molecule has 1 aliphatic heterocycles. The summed E-state index contributed by atoms with van der Waals surface area (Å²) in [6, 6.07) is 6.84. The van der Waals surface area contributed by atoms with E-state index in [4.69, 9.17) is 4.74 Å². The second kappa shape index (κ2) is 5.87. The summed E-state index contributed by atoms with van der Waals surface area (Å²) in [5.41, 5.74) is 0.341. The highest BCUT2D eigenvalue weighted by Gasteiger charge is 2.27. The number of amides is 1. The van der Waals surface area contributed by atoms with Gasteiger partial charge in [0.15, 0.2) is 0 Å². The molecule has 0 atom stereocenters. The van der Waals surface area contributed by atoms with Crippen LogP contribution in [0.1, 0.15) is 30.1 Å². The third-order valence-electron chi connectivity index (χ3n) is 3.62. The van der Waals surface area contributed by atoms with E-state index in [0.717, 1.165) is 12.8 Å². The lowest BCUT2D eigenvalue weighted by Crippen LogP contribution is -2.41. The monoisotopic (exact) mass is 261 g/mol. The van der Waals surface area contributed by atoms with Crippen molar-refractivity contribution in [3.05, 3.63) is 29.8 Å². The molecule has 2 rings (SSSR count). The zero-order valence-corrected chi connectivity index (χ0v) is 11.4. The topological polar surface area (TPSA) is 46.6 Å². The number of ether oxygens (including phenoxy) is 1. The van der Waals surface area contributed by atoms with Crippen LogP contribution in [0.3, 0.4) is 0 Å². The van der Waals surface area contributed by atoms with E-state index in [0.29, 0.717) is 30.3 Å². The average molecular weight is 261 g/mol. The van der Waals surface area contributed by atoms with Crippen molar-refractivity contribution in [3.63, 3.8) is 0 Å². The first-order valence-electron chi connectivity index (χ1n) is 6.60. The Morgan fingerprint density at radius 2 is 1.84 bits per heavy atom. The van der Waals surface area contributed by atoms with E-state index in [1.807, 2.05) is 0 Å². The first-order chi connectivity index (χ1) is 9.13. The minimum Gasteiger partial charge on any atom is -0.496 e. The normalized spacial score (nSPS) is 16.2. The van der Waals surface area contributed by atoms with Crippen LogP contribution in [0.25, 0.3) is 0 Å². The Labute approximate surface area is 113 Å². The fourth-order valence-electron chi connectivity index (χ4n) is 2.30. The van der Waals surface area contributed by atoms with E-state index in [1.54, 1.807) is 29.2 Å². The third kappa shape index (κ3) is 2.95. The van der Waals surface area contributed by atoms with Gasteiger partial charge in [0.25, 0.3) is 11.7 Å². The van der Waals surface area contributed by atoms with Crippen LogP contribution in [0, 0.1) is 5.92 Å². The maximum absolute atomic E-state index is 12.2. The number of Topliss-reactive ketones (excluding diaryl/α,β-unsaturated/α-hetero) is 1. The van der Waals surface area contributed by atoms with Crippen LogP contribution in [0.4, 0.5) is 0 Å². The molecule has 0 aromatic heterocycles. The summed E-state index contributed by atoms with van der Waals surface area (Å²) in [4.78, 5) is 26.1. The van der Waals surface area contributed by atoms with Gasteiger partial charge in [0.1, 0.15) is 5.75 Å². The second-order valence-corrected chi connectivity index (χ2v) is 5.00. The fourth-order valence-corrected chi connectivity index (χ4v) is 2.30. The standard InChI is InChI=1S/C15H19NO3/c1-11-7-9-16(10-8-11)15(18)14(17)12-5-3-4-6-13(12)19-2/h3-6,11H,7-10H2,1-2H3. The lowest BCUT2D eigenvalue weighted by molar-refractivity contribution is -0.127. The molecule has 1 aromatic carbocycles. The van der Waals surface area contributed by atoms with Gasteiger partial charge in [0.2, 0.25) is 0 Å². The first-order valence-corrected chi connectivity index (χ1v) is 6.60. The molecule has 1 amide bonds. The van der Waals surface area contributed by atoms with Crippen molar-refractivity contribution >= 4 is 11.7 Å². The van der Waals surface area contributed by atoms with E-state index in [-0.39, 0.29) is 0 Å². The Kier molecular flexibility index (Phi) is 4.20. The number of nitrogens with zero attached hydrogens (tertiary/aromatic N) is 1. The Hall–Kier alpha value is -1.84. The maximum Gasteiger partial charge on any atom is 0.295 e. The summed E-state index contributed by atoms with van der Waals surface area (Å²) in [5, 5.41) is 0. The highest BCUT2D eigenvalue weighted by atomic mass is 16.5. The van der Waals surface area contributed by atoms with Crippen molar-refractivity contribution < 1.29 is 14.3 Å². The summed E-state index contributed by atoms with van der Waals surface area (Å²) in [6.07, 6.45) is 1.93. The number of para-hydroxylation sites is 1. The van der Waals surface area contributed by atoms with Crippen LogP contribution in [0.5, 0.6) is 5.75 Å². The molecule has 1 fully saturated rings. The van der Waals surface area contributed by atoms with E-state index >= 15 is 0 Å². The highest BCUT2D eigenvalue weighted by Crippen LogP contribution is 2.21. The molecule has 4 heteroatoms. The summed E-state index contributed by atoms with van der Waals surface area (Å²) in [5.74, 6) is 0.181. The zero-order valence-electron chi connectivity index (χ0n) is 11.4. The SMILES string of the molecule is COc1ccccc1C(=O)C(=O)N1CCC(C)CC1. The number of carbonyl (C=O) groups is 2. The zero-order chi connectivity index (χ0) is 13.8. The first kappa shape index (κ1) is 13.6. The number of methoxy groups -OCH3 is 1. The van der Waals surface area contributed by atoms with Gasteiger partial charge in [0.05, 0.1) is 12.7 Å². The number of hydrogen-bond acceptors (Lipinski definition) is 3. The minimum absolute atomic E-state index is 0.341. The van der Waals surface area contributed by atoms with Gasteiger partial charge in [-0.15, -0.1) is 0 Å². The average Bonchev–Trinajstić information content (AvgIpc) is 2.46. The van der Waals surface area contributed by atoms with Crippen LogP contribution in [-0.2, 0) is 4.79 Å². The molecule has 0 aliphatic carbocycles. The largest absolute Gasteiger partial charge is 0.496 e. The van der Waals surface area contributed by atoms with Crippen LogP contribution in [0.2, 0.25) is 0 Å². The van der Waals surface area contributed by atoms with Gasteiger partial charge in [-0.1, -0.05) is 19.1 Å². The second-order valence-electron chi connectivity index (χ2n) is 5.00. The predicted octanol–water partition coefficient (Wildman–Crippen LogP) is 2.14. The van der Waals surface area contributed by atoms with Crippen LogP contribution < -0.4 is 4.74 Å². The quantitative estimate of drug-likeness (QED) is 0.618. The summed E-state index contributed by atoms with van der Waals surface area (Å²) in [7, 11) is 1.50. The molecule has 0 unspecified atom stereocenters. The van der Waals surface area contributed by atoms with Crippen molar-refractivity contribution in [3.8, 4) is 5.75 Å². The van der Waals surface area contributed by atoms with Crippen molar-refractivity contribution in [1.82, 2.24) is 4.90 Å². The van der Waals surface area contributed by atoms with Crippen molar-refractivity contribution in [2.24, 2.45) is 5.92 Å². The summed E-state index contributed by atoms with van der Waals surface area (Å²) < 4.78 is 5.13. The predicted molar refractivity (Wildman–Crippen MR) is 72.3 cm³/mol. The Morgan fingerprint density at radius 3 is 2.47 bits per heavy atom. The van der Waals surface area contributed by atoms with Gasteiger partial charge in [-0.25, -0.2) is 0 Å². The van der Waals surface area contributed by atoms with Gasteiger partial charge in [-0.05, 0) is 30.9 Å². The number of piperidine rings is 1. The van der Waals surface area contributed by atoms with Gasteiger partial charge in [-0.2, -0.15) is 0 Å². The molecular weight excluding hydrogens is 242 g/mol. The van der Waals surface area contributed by atoms with E-state index < -0.39 is 11.7 Å². The number of hydrogen-bond donors (Lipinski definition) is 0. The molecule has 0 spiro atoms. The molecule has 19 heavy (non-hydrogen) atoms. The summed E-state index contributed by atoms with van der Waals surface area (Å²) >= 11 is 0. The maximum atomic E-state index is 12.2. The Balaban J connectivity index is 2.13. The van der Waals surface area contributed by atoms with Crippen LogP contribution in [0.15, 0.2) is 24.3 Å². The molecule has 1 saturated heterocycles. The number of likely N-dealkylation sites (tertiary alicyclic amines) is 1. The van der Waals surface area contributed by atoms with E-state index in [1.165, 1.54) is 7.11 Å². The Morgan fingerprint density at radius 1 is 1.21 bits per heavy atom. The van der Waals surface area contributed by atoms with Crippen LogP contribution >= 0.6 is 0 Å². The summed E-state index contributed by atoms with van der Waals surface area (Å²) in [6.45, 7) is 3.51. The van der Waals surface area contributed by atoms with Crippen molar-refractivity contribution in [2.75, 3.05) is 20.2 Å². The van der Waals surface area contributed by atoms with Gasteiger partial charge in [-0.3, -0.25) is 9.59 Å². The lowest BCUT2D eigenvalue weighted by Gasteiger charge is -2.29. The van der Waals surface area contributed by atoms with Gasteiger partial charge in [0, 0.05) is 13.1 Å². The smallest absolute Gasteiger partial charge is 0.295 e. The number of benzene rings is 1. The van der Waals surface area contributed by atoms with Crippen LogP contribution in [-0.4, -0.2) is 36.8 Å². The molecule has 102 valence electrons. The number of rotatable bonds is 3. The highest BCUT2D eigenvalue weighted by molar-refractivity contribution is 6.43. The molecule has 0 saturated carbocycles.